The summed E-state index contributed by atoms with van der Waals surface area (Å²) in [5.41, 5.74) is -0.362. The molecule has 5 nitrogen and oxygen atoms in total. The zero-order valence-electron chi connectivity index (χ0n) is 11.3. The SMILES string of the molecule is Cc1cc(Br)ccc1S(=O)(=O)N1CCC(C)(C(=O)O)C1. The third-order valence-electron chi connectivity index (χ3n) is 3.71. The van der Waals surface area contributed by atoms with Gasteiger partial charge in [-0.2, -0.15) is 4.31 Å². The van der Waals surface area contributed by atoms with Gasteiger partial charge in [-0.1, -0.05) is 15.9 Å². The highest BCUT2D eigenvalue weighted by Crippen LogP contribution is 2.34. The number of hydrogen-bond donors (Lipinski definition) is 1. The van der Waals surface area contributed by atoms with Crippen LogP contribution >= 0.6 is 15.9 Å². The predicted molar refractivity (Wildman–Crippen MR) is 78.0 cm³/mol. The molecular formula is C13H16BrNO4S. The van der Waals surface area contributed by atoms with Crippen LogP contribution in [0.3, 0.4) is 0 Å². The second kappa shape index (κ2) is 5.13. The second-order valence-electron chi connectivity index (χ2n) is 5.36. The van der Waals surface area contributed by atoms with Crippen molar-refractivity contribution in [3.63, 3.8) is 0 Å². The first kappa shape index (κ1) is 15.5. The van der Waals surface area contributed by atoms with E-state index < -0.39 is 21.4 Å². The fourth-order valence-corrected chi connectivity index (χ4v) is 4.59. The maximum absolute atomic E-state index is 12.6. The summed E-state index contributed by atoms with van der Waals surface area (Å²) in [6.07, 6.45) is 0.330. The van der Waals surface area contributed by atoms with E-state index in [4.69, 9.17) is 0 Å². The number of sulfonamides is 1. The molecule has 0 aromatic heterocycles. The van der Waals surface area contributed by atoms with E-state index in [9.17, 15) is 18.3 Å². The van der Waals surface area contributed by atoms with Gasteiger partial charge in [-0.3, -0.25) is 4.79 Å². The Bertz CT molecular complexity index is 658. The minimum Gasteiger partial charge on any atom is -0.481 e. The summed E-state index contributed by atoms with van der Waals surface area (Å²) in [6, 6.07) is 4.96. The molecule has 0 amide bonds. The first-order chi connectivity index (χ1) is 9.17. The molecule has 0 radical (unpaired) electrons. The number of rotatable bonds is 3. The Morgan fingerprint density at radius 2 is 2.10 bits per heavy atom. The minimum atomic E-state index is -3.64. The number of nitrogens with zero attached hydrogens (tertiary/aromatic N) is 1. The molecule has 2 rings (SSSR count). The summed E-state index contributed by atoms with van der Waals surface area (Å²) in [4.78, 5) is 11.4. The van der Waals surface area contributed by atoms with Crippen LogP contribution < -0.4 is 0 Å². The molecule has 7 heteroatoms. The van der Waals surface area contributed by atoms with Gasteiger partial charge >= 0.3 is 5.97 Å². The number of carbonyl (C=O) groups is 1. The lowest BCUT2D eigenvalue weighted by Crippen LogP contribution is -2.35. The maximum Gasteiger partial charge on any atom is 0.310 e. The van der Waals surface area contributed by atoms with Crippen molar-refractivity contribution in [2.45, 2.75) is 25.2 Å². The van der Waals surface area contributed by atoms with Gasteiger partial charge in [0.2, 0.25) is 10.0 Å². The average Bonchev–Trinajstić information content (AvgIpc) is 2.73. The molecule has 0 saturated carbocycles. The number of aliphatic carboxylic acids is 1. The molecule has 110 valence electrons. The molecule has 1 N–H and O–H groups in total. The number of benzene rings is 1. The number of carboxylic acids is 1. The molecule has 0 spiro atoms. The summed E-state index contributed by atoms with van der Waals surface area (Å²) in [5, 5.41) is 9.19. The van der Waals surface area contributed by atoms with Crippen molar-refractivity contribution in [3.05, 3.63) is 28.2 Å². The Morgan fingerprint density at radius 1 is 1.45 bits per heavy atom. The summed E-state index contributed by atoms with van der Waals surface area (Å²) in [7, 11) is -3.64. The zero-order chi connectivity index (χ0) is 15.1. The van der Waals surface area contributed by atoms with Crippen molar-refractivity contribution in [1.82, 2.24) is 4.31 Å². The molecule has 1 unspecified atom stereocenters. The fourth-order valence-electron chi connectivity index (χ4n) is 2.34. The lowest BCUT2D eigenvalue weighted by molar-refractivity contribution is -0.146. The van der Waals surface area contributed by atoms with Gasteiger partial charge in [-0.05, 0) is 44.0 Å². The summed E-state index contributed by atoms with van der Waals surface area (Å²) in [6.45, 7) is 3.56. The van der Waals surface area contributed by atoms with Gasteiger partial charge in [-0.15, -0.1) is 0 Å². The average molecular weight is 362 g/mol. The third-order valence-corrected chi connectivity index (χ3v) is 6.21. The van der Waals surface area contributed by atoms with Crippen molar-refractivity contribution >= 4 is 31.9 Å². The Kier molecular flexibility index (Phi) is 3.96. The smallest absolute Gasteiger partial charge is 0.310 e. The molecule has 1 atom stereocenters. The number of carboxylic acid groups (broad SMARTS) is 1. The van der Waals surface area contributed by atoms with Crippen LogP contribution in [0.1, 0.15) is 18.9 Å². The van der Waals surface area contributed by atoms with E-state index in [0.29, 0.717) is 12.0 Å². The number of aryl methyl sites for hydroxylation is 1. The number of hydrogen-bond acceptors (Lipinski definition) is 3. The fraction of sp³-hybridized carbons (Fsp3) is 0.462. The zero-order valence-corrected chi connectivity index (χ0v) is 13.7. The maximum atomic E-state index is 12.6. The van der Waals surface area contributed by atoms with Gasteiger partial charge in [0, 0.05) is 17.6 Å². The van der Waals surface area contributed by atoms with E-state index in [1.54, 1.807) is 32.0 Å². The van der Waals surface area contributed by atoms with E-state index in [-0.39, 0.29) is 18.0 Å². The first-order valence-electron chi connectivity index (χ1n) is 6.16. The highest BCUT2D eigenvalue weighted by molar-refractivity contribution is 9.10. The Balaban J connectivity index is 2.35. The molecule has 1 aromatic rings. The van der Waals surface area contributed by atoms with Crippen molar-refractivity contribution in [2.75, 3.05) is 13.1 Å². The molecule has 1 aliphatic rings. The Morgan fingerprint density at radius 3 is 2.60 bits per heavy atom. The summed E-state index contributed by atoms with van der Waals surface area (Å²) < 4.78 is 27.3. The van der Waals surface area contributed by atoms with E-state index >= 15 is 0 Å². The number of halogens is 1. The monoisotopic (exact) mass is 361 g/mol. The molecule has 0 bridgehead atoms. The molecular weight excluding hydrogens is 346 g/mol. The molecule has 1 fully saturated rings. The van der Waals surface area contributed by atoms with Crippen LogP contribution in [0.5, 0.6) is 0 Å². The van der Waals surface area contributed by atoms with E-state index in [0.717, 1.165) is 4.47 Å². The van der Waals surface area contributed by atoms with Crippen LogP contribution in [0.25, 0.3) is 0 Å². The van der Waals surface area contributed by atoms with Gasteiger partial charge in [0.15, 0.2) is 0 Å². The van der Waals surface area contributed by atoms with E-state index in [2.05, 4.69) is 15.9 Å². The minimum absolute atomic E-state index is 0.0141. The molecule has 1 aromatic carbocycles. The lowest BCUT2D eigenvalue weighted by atomic mass is 9.90. The molecule has 0 aliphatic carbocycles. The van der Waals surface area contributed by atoms with Crippen LogP contribution in [-0.2, 0) is 14.8 Å². The Hall–Kier alpha value is -0.920. The van der Waals surface area contributed by atoms with Crippen molar-refractivity contribution in [3.8, 4) is 0 Å². The summed E-state index contributed by atoms with van der Waals surface area (Å²) in [5.74, 6) is -0.956. The van der Waals surface area contributed by atoms with E-state index in [1.165, 1.54) is 4.31 Å². The van der Waals surface area contributed by atoms with Gasteiger partial charge in [0.05, 0.1) is 10.3 Å². The topological polar surface area (TPSA) is 74.7 Å². The van der Waals surface area contributed by atoms with Crippen molar-refractivity contribution in [2.24, 2.45) is 5.41 Å². The quantitative estimate of drug-likeness (QED) is 0.895. The van der Waals surface area contributed by atoms with Gasteiger partial charge in [-0.25, -0.2) is 8.42 Å². The standard InChI is InChI=1S/C13H16BrNO4S/c1-9-7-10(14)3-4-11(9)20(18,19)15-6-5-13(2,8-15)12(16)17/h3-4,7H,5-6,8H2,1-2H3,(H,16,17). The van der Waals surface area contributed by atoms with Crippen LogP contribution in [0.4, 0.5) is 0 Å². The second-order valence-corrected chi connectivity index (χ2v) is 8.19. The highest BCUT2D eigenvalue weighted by Gasteiger charge is 2.45. The van der Waals surface area contributed by atoms with Gasteiger partial charge < -0.3 is 5.11 Å². The van der Waals surface area contributed by atoms with Gasteiger partial charge in [0.25, 0.3) is 0 Å². The normalized spacial score (nSPS) is 23.9. The van der Waals surface area contributed by atoms with Crippen LogP contribution in [0.2, 0.25) is 0 Å². The van der Waals surface area contributed by atoms with Gasteiger partial charge in [0.1, 0.15) is 0 Å². The highest BCUT2D eigenvalue weighted by atomic mass is 79.9. The molecule has 1 saturated heterocycles. The van der Waals surface area contributed by atoms with Crippen LogP contribution in [0.15, 0.2) is 27.6 Å². The predicted octanol–water partition coefficient (Wildman–Crippen LogP) is 2.24. The Labute approximate surface area is 126 Å². The van der Waals surface area contributed by atoms with Crippen molar-refractivity contribution in [1.29, 1.82) is 0 Å². The summed E-state index contributed by atoms with van der Waals surface area (Å²) >= 11 is 3.30. The van der Waals surface area contributed by atoms with Crippen molar-refractivity contribution < 1.29 is 18.3 Å². The largest absolute Gasteiger partial charge is 0.481 e. The molecule has 1 aliphatic heterocycles. The molecule has 1 heterocycles. The first-order valence-corrected chi connectivity index (χ1v) is 8.40. The third kappa shape index (κ3) is 2.62. The van der Waals surface area contributed by atoms with E-state index in [1.807, 2.05) is 0 Å². The lowest BCUT2D eigenvalue weighted by Gasteiger charge is -2.20. The molecule has 20 heavy (non-hydrogen) atoms. The van der Waals surface area contributed by atoms with Crippen LogP contribution in [0, 0.1) is 12.3 Å². The van der Waals surface area contributed by atoms with Crippen LogP contribution in [-0.4, -0.2) is 36.9 Å².